The molecule has 0 heterocycles. The van der Waals surface area contributed by atoms with Crippen molar-refractivity contribution < 1.29 is 35.5 Å². The van der Waals surface area contributed by atoms with Crippen molar-refractivity contribution in [2.75, 3.05) is 0 Å². The van der Waals surface area contributed by atoms with Crippen LogP contribution in [-0.4, -0.2) is 12.1 Å². The summed E-state index contributed by atoms with van der Waals surface area (Å²) in [6, 6.07) is 12.3. The van der Waals surface area contributed by atoms with E-state index in [0.29, 0.717) is 5.75 Å². The lowest BCUT2D eigenvalue weighted by molar-refractivity contribution is -0.598. The first-order chi connectivity index (χ1) is 11.4. The zero-order valence-electron chi connectivity index (χ0n) is 14.2. The number of carbonyl (C=O) groups is 1. The number of terminal acetylenes is 1. The van der Waals surface area contributed by atoms with E-state index >= 15 is 0 Å². The van der Waals surface area contributed by atoms with E-state index in [1.54, 1.807) is 6.92 Å². The Labute approximate surface area is 153 Å². The molecule has 0 radical (unpaired) electrons. The van der Waals surface area contributed by atoms with Gasteiger partial charge in [-0.1, -0.05) is 24.1 Å². The summed E-state index contributed by atoms with van der Waals surface area (Å²) >= 11 is -0.254. The third-order valence-corrected chi connectivity index (χ3v) is 6.99. The minimum atomic E-state index is -0.733. The average Bonchev–Trinajstić information content (AvgIpc) is 2.52. The summed E-state index contributed by atoms with van der Waals surface area (Å²) in [6.07, 6.45) is 6.07. The van der Waals surface area contributed by atoms with E-state index in [1.165, 1.54) is 23.8 Å². The van der Waals surface area contributed by atoms with Crippen molar-refractivity contribution in [2.45, 2.75) is 33.8 Å². The van der Waals surface area contributed by atoms with Crippen LogP contribution in [0.4, 0.5) is 0 Å². The van der Waals surface area contributed by atoms with Gasteiger partial charge in [0.15, 0.2) is 13.2 Å². The molecule has 0 aliphatic carbocycles. The van der Waals surface area contributed by atoms with Gasteiger partial charge in [0.2, 0.25) is 0 Å². The minimum absolute atomic E-state index is 0.254. The van der Waals surface area contributed by atoms with Crippen molar-refractivity contribution in [1.29, 1.82) is 0 Å². The van der Waals surface area contributed by atoms with Gasteiger partial charge in [0, 0.05) is 11.1 Å². The van der Waals surface area contributed by atoms with Crippen molar-refractivity contribution >= 4 is 5.97 Å². The molecule has 0 aromatic heterocycles. The second-order valence-corrected chi connectivity index (χ2v) is 8.42. The fourth-order valence-electron chi connectivity index (χ4n) is 2.39. The van der Waals surface area contributed by atoms with Crippen molar-refractivity contribution in [3.05, 3.63) is 60.2 Å². The van der Waals surface area contributed by atoms with Gasteiger partial charge in [0.25, 0.3) is 0 Å². The quantitative estimate of drug-likeness (QED) is 0.393. The number of hydrogen-bond acceptors (Lipinski definition) is 3. The van der Waals surface area contributed by atoms with E-state index in [9.17, 15) is 4.79 Å². The molecule has 24 heavy (non-hydrogen) atoms. The largest absolute Gasteiger partial charge is 0.479 e. The van der Waals surface area contributed by atoms with Crippen LogP contribution >= 0.6 is 0 Å². The van der Waals surface area contributed by atoms with Gasteiger partial charge in [-0.25, -0.2) is 4.79 Å². The predicted molar refractivity (Wildman–Crippen MR) is 89.5 cm³/mol. The van der Waals surface area contributed by atoms with E-state index in [1.807, 2.05) is 18.2 Å². The molecular weight excluding hydrogens is 415 g/mol. The van der Waals surface area contributed by atoms with Crippen LogP contribution in [0, 0.1) is 40.4 Å². The van der Waals surface area contributed by atoms with E-state index in [0.717, 1.165) is 0 Å². The number of halogens is 1. The molecule has 4 heteroatoms. The van der Waals surface area contributed by atoms with Crippen LogP contribution < -0.4 is 25.9 Å². The lowest BCUT2D eigenvalue weighted by atomic mass is 10.1. The number of benzene rings is 2. The molecule has 0 N–H and O–H groups in total. The summed E-state index contributed by atoms with van der Waals surface area (Å²) in [4.78, 5) is 11.5. The second kappa shape index (κ2) is 8.20. The number of carbonyl (C=O) groups excluding carboxylic acids is 1. The van der Waals surface area contributed by atoms with Crippen LogP contribution in [0.25, 0.3) is 0 Å². The topological polar surface area (TPSA) is 35.5 Å². The second-order valence-electron chi connectivity index (χ2n) is 5.56. The smallest absolute Gasteiger partial charge is 0.360 e. The molecule has 0 saturated carbocycles. The first-order valence-corrected chi connectivity index (χ1v) is 9.72. The Morgan fingerprint density at radius 2 is 1.71 bits per heavy atom. The van der Waals surface area contributed by atoms with Crippen LogP contribution in [0.1, 0.15) is 23.6 Å². The molecule has 2 rings (SSSR count). The summed E-state index contributed by atoms with van der Waals surface area (Å²) in [7, 11) is 0. The Hall–Kier alpha value is -2.00. The van der Waals surface area contributed by atoms with Gasteiger partial charge in [-0.3, -0.25) is 0 Å². The summed E-state index contributed by atoms with van der Waals surface area (Å²) in [5, 5.41) is 0. The molecule has 0 saturated heterocycles. The number of hydrogen-bond donors (Lipinski definition) is 0. The highest BCUT2D eigenvalue weighted by atomic mass is 127. The molecule has 2 aromatic carbocycles. The monoisotopic (exact) mass is 435 g/mol. The van der Waals surface area contributed by atoms with Crippen LogP contribution in [0.2, 0.25) is 0 Å². The maximum Gasteiger partial charge on any atom is 0.360 e. The van der Waals surface area contributed by atoms with Gasteiger partial charge in [0.1, 0.15) is 11.9 Å². The fraction of sp³-hybridized carbons (Fsp3) is 0.250. The Morgan fingerprint density at radius 1 is 1.12 bits per heavy atom. The molecule has 0 spiro atoms. The summed E-state index contributed by atoms with van der Waals surface area (Å²) in [6.45, 7) is 8.08. The van der Waals surface area contributed by atoms with E-state index in [2.05, 4.69) is 49.8 Å². The van der Waals surface area contributed by atoms with Gasteiger partial charge in [-0.15, -0.1) is 0 Å². The Balaban J connectivity index is 2.08. The molecule has 0 fully saturated rings. The van der Waals surface area contributed by atoms with Crippen molar-refractivity contribution in [3.63, 3.8) is 0 Å². The SMILES string of the molecule is C#COC(=O)C(C)Oc1ccc([I+]c2c(C)cc(C)cc2C)cc1. The maximum atomic E-state index is 11.5. The third-order valence-electron chi connectivity index (χ3n) is 3.40. The zero-order chi connectivity index (χ0) is 17.7. The normalized spacial score (nSPS) is 11.5. The van der Waals surface area contributed by atoms with Crippen molar-refractivity contribution in [2.24, 2.45) is 0 Å². The molecule has 0 aliphatic rings. The lowest BCUT2D eigenvalue weighted by Gasteiger charge is -2.11. The fourth-order valence-corrected chi connectivity index (χ4v) is 4.89. The summed E-state index contributed by atoms with van der Waals surface area (Å²) in [5.41, 5.74) is 4.01. The highest BCUT2D eigenvalue weighted by Crippen LogP contribution is 2.12. The highest BCUT2D eigenvalue weighted by molar-refractivity contribution is 5.75. The molecule has 2 aromatic rings. The van der Waals surface area contributed by atoms with Crippen molar-refractivity contribution in [1.82, 2.24) is 0 Å². The predicted octanol–water partition coefficient (Wildman–Crippen LogP) is 0.641. The molecule has 124 valence electrons. The number of ether oxygens (including phenoxy) is 2. The van der Waals surface area contributed by atoms with Gasteiger partial charge in [-0.2, -0.15) is 0 Å². The van der Waals surface area contributed by atoms with Crippen LogP contribution in [0.5, 0.6) is 5.75 Å². The van der Waals surface area contributed by atoms with Crippen LogP contribution in [0.15, 0.2) is 36.4 Å². The standard InChI is InChI=1S/C20H20IO3/c1-6-23-20(22)16(5)24-18-9-7-17(8-10-18)21-19-14(3)11-13(2)12-15(19)4/h1,7-12,16H,2-5H3/q+1. The lowest BCUT2D eigenvalue weighted by Crippen LogP contribution is -3.62. The molecule has 0 bridgehead atoms. The average molecular weight is 435 g/mol. The maximum absolute atomic E-state index is 11.5. The summed E-state index contributed by atoms with van der Waals surface area (Å²) in [5.74, 6) is 0.0569. The van der Waals surface area contributed by atoms with Crippen LogP contribution in [0.3, 0.4) is 0 Å². The third kappa shape index (κ3) is 4.75. The van der Waals surface area contributed by atoms with Gasteiger partial charge in [0.05, 0.1) is 0 Å². The Morgan fingerprint density at radius 3 is 2.25 bits per heavy atom. The Bertz CT molecular complexity index is 749. The molecule has 3 nitrogen and oxygen atoms in total. The molecular formula is C20H20IO3+. The Kier molecular flexibility index (Phi) is 6.27. The molecule has 0 amide bonds. The van der Waals surface area contributed by atoms with Crippen molar-refractivity contribution in [3.8, 4) is 18.3 Å². The highest BCUT2D eigenvalue weighted by Gasteiger charge is 2.22. The van der Waals surface area contributed by atoms with E-state index in [-0.39, 0.29) is 21.2 Å². The first-order valence-electron chi connectivity index (χ1n) is 7.56. The number of rotatable bonds is 5. The zero-order valence-corrected chi connectivity index (χ0v) is 16.4. The number of esters is 1. The molecule has 0 aliphatic heterocycles. The van der Waals surface area contributed by atoms with Crippen LogP contribution in [-0.2, 0) is 9.53 Å². The number of aryl methyl sites for hydroxylation is 3. The minimum Gasteiger partial charge on any atom is -0.479 e. The summed E-state index contributed by atoms with van der Waals surface area (Å²) < 4.78 is 12.8. The molecule has 1 atom stereocenters. The van der Waals surface area contributed by atoms with E-state index < -0.39 is 12.1 Å². The first kappa shape index (κ1) is 18.3. The van der Waals surface area contributed by atoms with Gasteiger partial charge >= 0.3 is 27.2 Å². The van der Waals surface area contributed by atoms with Gasteiger partial charge < -0.3 is 9.47 Å². The van der Waals surface area contributed by atoms with Gasteiger partial charge in [-0.05, 0) is 52.0 Å². The van der Waals surface area contributed by atoms with E-state index in [4.69, 9.17) is 11.2 Å². The molecule has 1 unspecified atom stereocenters.